The van der Waals surface area contributed by atoms with Crippen molar-refractivity contribution in [2.75, 3.05) is 6.54 Å². The van der Waals surface area contributed by atoms with E-state index in [1.807, 2.05) is 67.6 Å². The first-order valence-corrected chi connectivity index (χ1v) is 13.4. The van der Waals surface area contributed by atoms with E-state index in [2.05, 4.69) is 42.8 Å². The Morgan fingerprint density at radius 3 is 2.00 bits per heavy atom. The Bertz CT molecular complexity index is 1530. The van der Waals surface area contributed by atoms with Crippen LogP contribution in [0, 0.1) is 13.3 Å². The molecular formula is C31H26NO2RhS-. The molecule has 0 amide bonds. The Hall–Kier alpha value is -2.85. The van der Waals surface area contributed by atoms with E-state index >= 15 is 0 Å². The van der Waals surface area contributed by atoms with Gasteiger partial charge in [-0.3, -0.25) is 6.42 Å². The maximum absolute atomic E-state index is 14.2. The number of benzene rings is 4. The third-order valence-electron chi connectivity index (χ3n) is 7.14. The summed E-state index contributed by atoms with van der Waals surface area (Å²) in [5.41, 5.74) is 6.49. The molecule has 183 valence electrons. The van der Waals surface area contributed by atoms with Crippen LogP contribution in [0.2, 0.25) is 0 Å². The van der Waals surface area contributed by atoms with Crippen LogP contribution < -0.4 is 0 Å². The Kier molecular flexibility index (Phi) is 6.59. The normalized spacial score (nSPS) is 19.4. The number of sulfonamides is 1. The fourth-order valence-corrected chi connectivity index (χ4v) is 7.38. The summed E-state index contributed by atoms with van der Waals surface area (Å²) >= 11 is 0. The van der Waals surface area contributed by atoms with Crippen molar-refractivity contribution in [3.8, 4) is 0 Å². The molecule has 0 saturated carbocycles. The zero-order chi connectivity index (χ0) is 24.0. The van der Waals surface area contributed by atoms with Gasteiger partial charge in [0.05, 0.1) is 4.90 Å². The number of rotatable bonds is 4. The summed E-state index contributed by atoms with van der Waals surface area (Å²) in [6.45, 7) is 2.40. The third-order valence-corrected chi connectivity index (χ3v) is 9.06. The minimum atomic E-state index is -3.77. The zero-order valence-corrected chi connectivity index (χ0v) is 22.3. The van der Waals surface area contributed by atoms with Crippen molar-refractivity contribution >= 4 is 21.2 Å². The summed E-state index contributed by atoms with van der Waals surface area (Å²) in [7, 11) is -3.77. The first-order chi connectivity index (χ1) is 17.0. The van der Waals surface area contributed by atoms with Gasteiger partial charge < -0.3 is 0 Å². The molecule has 5 heteroatoms. The smallest absolute Gasteiger partial charge is 0.241 e. The van der Waals surface area contributed by atoms with Crippen molar-refractivity contribution in [3.05, 3.63) is 143 Å². The van der Waals surface area contributed by atoms with Crippen LogP contribution in [0.15, 0.2) is 114 Å². The summed E-state index contributed by atoms with van der Waals surface area (Å²) in [6.07, 6.45) is 2.88. The summed E-state index contributed by atoms with van der Waals surface area (Å²) in [6, 6.07) is 36.0. The van der Waals surface area contributed by atoms with Gasteiger partial charge in [-0.2, -0.15) is 6.42 Å². The van der Waals surface area contributed by atoms with Crippen LogP contribution in [0.25, 0.3) is 11.1 Å². The Morgan fingerprint density at radius 2 is 1.33 bits per heavy atom. The van der Waals surface area contributed by atoms with E-state index in [-0.39, 0.29) is 19.5 Å². The molecule has 36 heavy (non-hydrogen) atoms. The van der Waals surface area contributed by atoms with Crippen molar-refractivity contribution in [1.29, 1.82) is 0 Å². The van der Waals surface area contributed by atoms with E-state index in [0.717, 1.165) is 39.0 Å². The molecule has 4 aromatic carbocycles. The van der Waals surface area contributed by atoms with Crippen LogP contribution in [0.4, 0.5) is 0 Å². The molecule has 1 aliphatic heterocycles. The van der Waals surface area contributed by atoms with Crippen molar-refractivity contribution < 1.29 is 27.9 Å². The molecule has 1 radical (unpaired) electrons. The SMILES string of the molecule is Cc1ccc(S(=O)(=O)N2CC[CH-][C@@]23C(c2ccccc2)=C(c2ccccc2)c2ccccc23)cc1.[Rh]. The average molecular weight is 580 g/mol. The molecule has 1 atom stereocenters. The molecule has 0 unspecified atom stereocenters. The van der Waals surface area contributed by atoms with Crippen LogP contribution in [0.1, 0.15) is 34.2 Å². The van der Waals surface area contributed by atoms with Crippen molar-refractivity contribution in [1.82, 2.24) is 4.31 Å². The van der Waals surface area contributed by atoms with Crippen LogP contribution >= 0.6 is 0 Å². The molecule has 0 aromatic heterocycles. The molecule has 1 spiro atoms. The monoisotopic (exact) mass is 579 g/mol. The van der Waals surface area contributed by atoms with Gasteiger partial charge in [0.25, 0.3) is 0 Å². The quantitative estimate of drug-likeness (QED) is 0.206. The maximum Gasteiger partial charge on any atom is 0.241 e. The zero-order valence-electron chi connectivity index (χ0n) is 19.9. The Balaban J connectivity index is 0.00000267. The number of fused-ring (bicyclic) bond motifs is 2. The van der Waals surface area contributed by atoms with Gasteiger partial charge >= 0.3 is 0 Å². The van der Waals surface area contributed by atoms with Gasteiger partial charge in [0.1, 0.15) is 0 Å². The second-order valence-electron chi connectivity index (χ2n) is 9.18. The predicted molar refractivity (Wildman–Crippen MR) is 141 cm³/mol. The van der Waals surface area contributed by atoms with Crippen LogP contribution in [0.5, 0.6) is 0 Å². The molecule has 1 saturated heterocycles. The minimum absolute atomic E-state index is 0. The van der Waals surface area contributed by atoms with Gasteiger partial charge in [0.2, 0.25) is 10.0 Å². The second-order valence-corrected chi connectivity index (χ2v) is 11.0. The summed E-state index contributed by atoms with van der Waals surface area (Å²) < 4.78 is 30.2. The fraction of sp³-hybridized carbons (Fsp3) is 0.129. The average Bonchev–Trinajstić information content (AvgIpc) is 3.46. The van der Waals surface area contributed by atoms with Crippen LogP contribution in [-0.2, 0) is 35.0 Å². The Morgan fingerprint density at radius 1 is 0.750 bits per heavy atom. The van der Waals surface area contributed by atoms with Gasteiger partial charge in [-0.15, -0.1) is 0 Å². The van der Waals surface area contributed by atoms with E-state index in [1.54, 1.807) is 16.4 Å². The molecule has 3 nitrogen and oxygen atoms in total. The molecule has 1 fully saturated rings. The van der Waals surface area contributed by atoms with Gasteiger partial charge in [0.15, 0.2) is 0 Å². The van der Waals surface area contributed by atoms with Crippen LogP contribution in [0.3, 0.4) is 0 Å². The molecule has 0 bridgehead atoms. The molecule has 6 rings (SSSR count). The topological polar surface area (TPSA) is 37.4 Å². The van der Waals surface area contributed by atoms with E-state index in [4.69, 9.17) is 0 Å². The van der Waals surface area contributed by atoms with Gasteiger partial charge in [-0.25, -0.2) is 12.7 Å². The molecular weight excluding hydrogens is 553 g/mol. The van der Waals surface area contributed by atoms with E-state index in [0.29, 0.717) is 17.9 Å². The largest absolute Gasteiger partial charge is 0.297 e. The minimum Gasteiger partial charge on any atom is -0.297 e. The molecule has 1 aliphatic carbocycles. The maximum atomic E-state index is 14.2. The summed E-state index contributed by atoms with van der Waals surface area (Å²) in [5, 5.41) is 0. The van der Waals surface area contributed by atoms with Gasteiger partial charge in [-0.1, -0.05) is 103 Å². The summed E-state index contributed by atoms with van der Waals surface area (Å²) in [5.74, 6) is 0. The van der Waals surface area contributed by atoms with E-state index in [1.165, 1.54) is 0 Å². The first-order valence-electron chi connectivity index (χ1n) is 11.9. The first kappa shape index (κ1) is 24.8. The standard InChI is InChI=1S/C31H26NO2S.Rh/c1-23-17-19-26(20-18-23)35(33,34)32-22-10-21-31(32)28-16-9-8-15-27(28)29(24-11-4-2-5-12-24)30(31)25-13-6-3-7-14-25;/h2-9,11-21H,10,22H2,1H3;/q-1;/t31-;/m1./s1. The van der Waals surface area contributed by atoms with Gasteiger partial charge in [0, 0.05) is 19.5 Å². The molecule has 0 N–H and O–H groups in total. The van der Waals surface area contributed by atoms with Crippen LogP contribution in [-0.4, -0.2) is 19.3 Å². The molecule has 2 aliphatic rings. The predicted octanol–water partition coefficient (Wildman–Crippen LogP) is 6.46. The van der Waals surface area contributed by atoms with Gasteiger partial charge in [-0.05, 0) is 64.5 Å². The number of hydrogen-bond donors (Lipinski definition) is 0. The number of aryl methyl sites for hydroxylation is 1. The molecule has 1 heterocycles. The Labute approximate surface area is 226 Å². The van der Waals surface area contributed by atoms with E-state index in [9.17, 15) is 8.42 Å². The third kappa shape index (κ3) is 3.73. The number of nitrogens with zero attached hydrogens (tertiary/aromatic N) is 1. The second kappa shape index (κ2) is 9.55. The molecule has 4 aromatic rings. The summed E-state index contributed by atoms with van der Waals surface area (Å²) in [4.78, 5) is 0.329. The van der Waals surface area contributed by atoms with Crippen molar-refractivity contribution in [3.63, 3.8) is 0 Å². The number of hydrogen-bond acceptors (Lipinski definition) is 2. The van der Waals surface area contributed by atoms with E-state index < -0.39 is 15.6 Å². The van der Waals surface area contributed by atoms with Crippen molar-refractivity contribution in [2.24, 2.45) is 0 Å². The fourth-order valence-electron chi connectivity index (χ4n) is 5.65. The van der Waals surface area contributed by atoms with Crippen molar-refractivity contribution in [2.45, 2.75) is 23.8 Å².